The minimum atomic E-state index is -3.69. The van der Waals surface area contributed by atoms with E-state index in [-0.39, 0.29) is 10.8 Å². The van der Waals surface area contributed by atoms with Crippen LogP contribution < -0.4 is 10.0 Å². The molecule has 0 fully saturated rings. The molecule has 1 aromatic carbocycles. The van der Waals surface area contributed by atoms with Gasteiger partial charge in [0.2, 0.25) is 15.9 Å². The third-order valence-corrected chi connectivity index (χ3v) is 3.12. The summed E-state index contributed by atoms with van der Waals surface area (Å²) in [6, 6.07) is 5.79. The summed E-state index contributed by atoms with van der Waals surface area (Å²) >= 11 is 0. The van der Waals surface area contributed by atoms with Gasteiger partial charge in [-0.2, -0.15) is 0 Å². The number of benzene rings is 1. The van der Waals surface area contributed by atoms with Crippen molar-refractivity contribution in [3.63, 3.8) is 0 Å². The molecule has 0 saturated carbocycles. The maximum atomic E-state index is 11.5. The maximum absolute atomic E-state index is 11.5. The van der Waals surface area contributed by atoms with Crippen LogP contribution in [0.1, 0.15) is 6.92 Å². The number of primary sulfonamides is 1. The smallest absolute Gasteiger partial charge is 0.250 e. The minimum Gasteiger partial charge on any atom is -0.312 e. The Morgan fingerprint density at radius 3 is 2.24 bits per heavy atom. The van der Waals surface area contributed by atoms with Crippen LogP contribution in [0.15, 0.2) is 41.3 Å². The molecule has 92 valence electrons. The van der Waals surface area contributed by atoms with Gasteiger partial charge in [0, 0.05) is 12.7 Å². The minimum absolute atomic E-state index is 0.0214. The van der Waals surface area contributed by atoms with Crippen LogP contribution in [0.2, 0.25) is 0 Å². The van der Waals surface area contributed by atoms with Crippen LogP contribution in [-0.2, 0) is 14.8 Å². The third-order valence-electron chi connectivity index (χ3n) is 2.19. The summed E-state index contributed by atoms with van der Waals surface area (Å²) in [5.41, 5.74) is 0.598. The van der Waals surface area contributed by atoms with Gasteiger partial charge in [-0.05, 0) is 37.3 Å². The summed E-state index contributed by atoms with van der Waals surface area (Å²) in [5.74, 6) is -0.184. The first-order valence-corrected chi connectivity index (χ1v) is 6.44. The van der Waals surface area contributed by atoms with E-state index < -0.39 is 10.0 Å². The lowest BCUT2D eigenvalue weighted by Crippen LogP contribution is -2.24. The van der Waals surface area contributed by atoms with Gasteiger partial charge >= 0.3 is 0 Å². The Labute approximate surface area is 101 Å². The number of carbonyl (C=O) groups excluding carboxylic acids is 1. The van der Waals surface area contributed by atoms with Crippen LogP contribution in [0, 0.1) is 0 Å². The lowest BCUT2D eigenvalue weighted by molar-refractivity contribution is -0.113. The molecule has 0 heterocycles. The monoisotopic (exact) mass is 254 g/mol. The first kappa shape index (κ1) is 13.4. The second-order valence-electron chi connectivity index (χ2n) is 3.44. The highest BCUT2D eigenvalue weighted by molar-refractivity contribution is 7.89. The van der Waals surface area contributed by atoms with Gasteiger partial charge < -0.3 is 4.90 Å². The molecule has 0 aromatic heterocycles. The van der Waals surface area contributed by atoms with Gasteiger partial charge in [0.05, 0.1) is 4.90 Å². The van der Waals surface area contributed by atoms with E-state index in [0.29, 0.717) is 5.69 Å². The summed E-state index contributed by atoms with van der Waals surface area (Å²) in [6.45, 7) is 1.75. The van der Waals surface area contributed by atoms with Crippen molar-refractivity contribution in [3.05, 3.63) is 36.4 Å². The van der Waals surface area contributed by atoms with Crippen LogP contribution in [0.5, 0.6) is 0 Å². The molecule has 5 nitrogen and oxygen atoms in total. The summed E-state index contributed by atoms with van der Waals surface area (Å²) < 4.78 is 22.1. The molecule has 0 unspecified atom stereocenters. The predicted molar refractivity (Wildman–Crippen MR) is 66.0 cm³/mol. The van der Waals surface area contributed by atoms with Gasteiger partial charge in [0.25, 0.3) is 0 Å². The number of hydrogen-bond donors (Lipinski definition) is 1. The number of amides is 1. The van der Waals surface area contributed by atoms with Gasteiger partial charge in [0.15, 0.2) is 0 Å². The highest BCUT2D eigenvalue weighted by Gasteiger charge is 2.10. The molecule has 0 radical (unpaired) electrons. The lowest BCUT2D eigenvalue weighted by Gasteiger charge is -2.15. The SMILES string of the molecule is CC=CC(=O)N(C)c1ccc(S(N)(=O)=O)cc1. The fourth-order valence-corrected chi connectivity index (χ4v) is 1.76. The molecule has 1 amide bonds. The first-order chi connectivity index (χ1) is 7.86. The van der Waals surface area contributed by atoms with Gasteiger partial charge in [0.1, 0.15) is 0 Å². The van der Waals surface area contributed by atoms with Crippen molar-refractivity contribution in [3.8, 4) is 0 Å². The summed E-state index contributed by atoms with van der Waals surface area (Å²) in [5, 5.41) is 4.97. The van der Waals surface area contributed by atoms with Crippen LogP contribution in [0.25, 0.3) is 0 Å². The Morgan fingerprint density at radius 2 is 1.82 bits per heavy atom. The van der Waals surface area contributed by atoms with Crippen molar-refractivity contribution >= 4 is 21.6 Å². The number of allylic oxidation sites excluding steroid dienone is 1. The van der Waals surface area contributed by atoms with Crippen molar-refractivity contribution in [1.82, 2.24) is 0 Å². The topological polar surface area (TPSA) is 80.5 Å². The van der Waals surface area contributed by atoms with E-state index in [1.807, 2.05) is 0 Å². The molecular weight excluding hydrogens is 240 g/mol. The van der Waals surface area contributed by atoms with Crippen LogP contribution >= 0.6 is 0 Å². The number of anilines is 1. The van der Waals surface area contributed by atoms with E-state index >= 15 is 0 Å². The number of likely N-dealkylation sites (N-methyl/N-ethyl adjacent to an activating group) is 1. The Balaban J connectivity index is 2.99. The van der Waals surface area contributed by atoms with E-state index in [1.165, 1.54) is 35.2 Å². The van der Waals surface area contributed by atoms with Crippen LogP contribution in [0.4, 0.5) is 5.69 Å². The predicted octanol–water partition coefficient (Wildman–Crippen LogP) is 0.873. The molecule has 0 bridgehead atoms. The zero-order valence-electron chi connectivity index (χ0n) is 9.62. The highest BCUT2D eigenvalue weighted by Crippen LogP contribution is 2.16. The van der Waals surface area contributed by atoms with Crippen molar-refractivity contribution in [2.45, 2.75) is 11.8 Å². The van der Waals surface area contributed by atoms with Gasteiger partial charge in [-0.15, -0.1) is 0 Å². The first-order valence-electron chi connectivity index (χ1n) is 4.89. The van der Waals surface area contributed by atoms with E-state index in [0.717, 1.165) is 0 Å². The van der Waals surface area contributed by atoms with E-state index in [9.17, 15) is 13.2 Å². The highest BCUT2D eigenvalue weighted by atomic mass is 32.2. The summed E-state index contributed by atoms with van der Waals surface area (Å²) in [6.07, 6.45) is 3.06. The zero-order chi connectivity index (χ0) is 13.1. The molecule has 0 aliphatic rings. The van der Waals surface area contributed by atoms with Gasteiger partial charge in [-0.1, -0.05) is 6.08 Å². The second kappa shape index (κ2) is 5.11. The number of nitrogens with two attached hydrogens (primary N) is 1. The Hall–Kier alpha value is -1.66. The molecule has 0 saturated heterocycles. The molecule has 17 heavy (non-hydrogen) atoms. The van der Waals surface area contributed by atoms with Crippen molar-refractivity contribution in [1.29, 1.82) is 0 Å². The molecular formula is C11H14N2O3S. The van der Waals surface area contributed by atoms with Gasteiger partial charge in [-0.3, -0.25) is 4.79 Å². The van der Waals surface area contributed by atoms with Crippen LogP contribution in [-0.4, -0.2) is 21.4 Å². The van der Waals surface area contributed by atoms with Crippen LogP contribution in [0.3, 0.4) is 0 Å². The molecule has 6 heteroatoms. The zero-order valence-corrected chi connectivity index (χ0v) is 10.4. The maximum Gasteiger partial charge on any atom is 0.250 e. The van der Waals surface area contributed by atoms with Crippen molar-refractivity contribution in [2.75, 3.05) is 11.9 Å². The normalized spacial score (nSPS) is 11.7. The van der Waals surface area contributed by atoms with Crippen molar-refractivity contribution in [2.24, 2.45) is 5.14 Å². The summed E-state index contributed by atoms with van der Waals surface area (Å²) in [7, 11) is -2.09. The Kier molecular flexibility index (Phi) is 4.03. The largest absolute Gasteiger partial charge is 0.312 e. The molecule has 1 aromatic rings. The average Bonchev–Trinajstić information content (AvgIpc) is 2.27. The molecule has 0 spiro atoms. The number of hydrogen-bond acceptors (Lipinski definition) is 3. The molecule has 0 aliphatic heterocycles. The standard InChI is InChI=1S/C11H14N2O3S/c1-3-4-11(14)13(2)9-5-7-10(8-6-9)17(12,15)16/h3-8H,1-2H3,(H2,12,15,16). The molecule has 0 atom stereocenters. The summed E-state index contributed by atoms with van der Waals surface area (Å²) in [4.78, 5) is 13.0. The quantitative estimate of drug-likeness (QED) is 0.813. The number of carbonyl (C=O) groups is 1. The van der Waals surface area contributed by atoms with E-state index in [1.54, 1.807) is 20.0 Å². The molecule has 2 N–H and O–H groups in total. The lowest BCUT2D eigenvalue weighted by atomic mass is 10.3. The number of sulfonamides is 1. The Morgan fingerprint density at radius 1 is 1.29 bits per heavy atom. The van der Waals surface area contributed by atoms with E-state index in [4.69, 9.17) is 5.14 Å². The average molecular weight is 254 g/mol. The third kappa shape index (κ3) is 3.40. The van der Waals surface area contributed by atoms with Gasteiger partial charge in [-0.25, -0.2) is 13.6 Å². The second-order valence-corrected chi connectivity index (χ2v) is 5.00. The fourth-order valence-electron chi connectivity index (χ4n) is 1.24. The van der Waals surface area contributed by atoms with Crippen molar-refractivity contribution < 1.29 is 13.2 Å². The number of nitrogens with zero attached hydrogens (tertiary/aromatic N) is 1. The van der Waals surface area contributed by atoms with E-state index in [2.05, 4.69) is 0 Å². The molecule has 1 rings (SSSR count). The fraction of sp³-hybridized carbons (Fsp3) is 0.182. The Bertz CT molecular complexity index is 532. The molecule has 0 aliphatic carbocycles. The number of rotatable bonds is 3.